The van der Waals surface area contributed by atoms with Crippen LogP contribution in [0.15, 0.2) is 35.1 Å². The summed E-state index contributed by atoms with van der Waals surface area (Å²) in [5, 5.41) is 6.10. The lowest BCUT2D eigenvalue weighted by atomic mass is 10.00. The monoisotopic (exact) mass is 301 g/mol. The van der Waals surface area contributed by atoms with Crippen molar-refractivity contribution in [2.45, 2.75) is 19.4 Å². The van der Waals surface area contributed by atoms with Gasteiger partial charge < -0.3 is 19.5 Å². The topological polar surface area (TPSA) is 84.7 Å². The average molecular weight is 301 g/mol. The Morgan fingerprint density at radius 3 is 2.82 bits per heavy atom. The van der Waals surface area contributed by atoms with Crippen molar-refractivity contribution in [1.82, 2.24) is 5.16 Å². The summed E-state index contributed by atoms with van der Waals surface area (Å²) in [5.74, 6) is -0.360. The van der Waals surface area contributed by atoms with Crippen LogP contribution in [0.5, 0.6) is 5.75 Å². The van der Waals surface area contributed by atoms with Gasteiger partial charge in [-0.1, -0.05) is 11.2 Å². The van der Waals surface area contributed by atoms with Crippen LogP contribution in [0.3, 0.4) is 0 Å². The quantitative estimate of drug-likeness (QED) is 0.854. The van der Waals surface area contributed by atoms with Crippen molar-refractivity contribution in [1.29, 1.82) is 0 Å². The van der Waals surface area contributed by atoms with Crippen molar-refractivity contribution in [3.8, 4) is 5.75 Å². The molecule has 0 fully saturated rings. The standard InChI is InChI=1S/C15H15N3O4/c1-9-4-5-11-10(8-9)18(3)14(20)15(2,22-11)13(19)16-12-6-7-21-17-12/h4-8H,1-3H3,(H,16,17,19). The van der Waals surface area contributed by atoms with Gasteiger partial charge in [0.1, 0.15) is 12.0 Å². The molecule has 2 amide bonds. The van der Waals surface area contributed by atoms with E-state index in [9.17, 15) is 9.59 Å². The van der Waals surface area contributed by atoms with E-state index in [4.69, 9.17) is 4.74 Å². The number of aryl methyl sites for hydroxylation is 1. The Hall–Kier alpha value is -2.83. The second-order valence-electron chi connectivity index (χ2n) is 5.31. The number of carbonyl (C=O) groups excluding carboxylic acids is 2. The molecule has 1 aliphatic heterocycles. The number of amides is 2. The highest BCUT2D eigenvalue weighted by molar-refractivity contribution is 6.19. The van der Waals surface area contributed by atoms with E-state index >= 15 is 0 Å². The molecule has 2 aromatic rings. The van der Waals surface area contributed by atoms with Crippen LogP contribution in [-0.2, 0) is 9.59 Å². The van der Waals surface area contributed by atoms with Gasteiger partial charge >= 0.3 is 0 Å². The molecule has 1 N–H and O–H groups in total. The van der Waals surface area contributed by atoms with E-state index in [-0.39, 0.29) is 5.82 Å². The molecule has 0 bridgehead atoms. The molecule has 7 nitrogen and oxygen atoms in total. The first kappa shape index (κ1) is 14.1. The van der Waals surface area contributed by atoms with E-state index in [0.29, 0.717) is 11.4 Å². The number of carbonyl (C=O) groups is 2. The number of likely N-dealkylation sites (N-methyl/N-ethyl adjacent to an activating group) is 1. The summed E-state index contributed by atoms with van der Waals surface area (Å²) in [6.07, 6.45) is 1.33. The molecule has 3 rings (SSSR count). The van der Waals surface area contributed by atoms with Gasteiger partial charge in [-0.3, -0.25) is 9.59 Å². The van der Waals surface area contributed by atoms with Crippen molar-refractivity contribution in [3.05, 3.63) is 36.1 Å². The largest absolute Gasteiger partial charge is 0.465 e. The lowest BCUT2D eigenvalue weighted by molar-refractivity contribution is -0.145. The van der Waals surface area contributed by atoms with E-state index in [0.717, 1.165) is 5.56 Å². The Morgan fingerprint density at radius 2 is 2.14 bits per heavy atom. The summed E-state index contributed by atoms with van der Waals surface area (Å²) in [6.45, 7) is 3.35. The molecule has 2 heterocycles. The molecule has 114 valence electrons. The molecule has 1 unspecified atom stereocenters. The summed E-state index contributed by atoms with van der Waals surface area (Å²) in [4.78, 5) is 26.5. The fourth-order valence-electron chi connectivity index (χ4n) is 2.32. The van der Waals surface area contributed by atoms with Crippen LogP contribution in [0.1, 0.15) is 12.5 Å². The molecule has 0 spiro atoms. The second-order valence-corrected chi connectivity index (χ2v) is 5.31. The third kappa shape index (κ3) is 2.11. The molecule has 0 saturated carbocycles. The number of hydrogen-bond acceptors (Lipinski definition) is 5. The number of rotatable bonds is 2. The first-order chi connectivity index (χ1) is 10.4. The zero-order valence-electron chi connectivity index (χ0n) is 12.4. The van der Waals surface area contributed by atoms with E-state index < -0.39 is 17.4 Å². The summed E-state index contributed by atoms with van der Waals surface area (Å²) >= 11 is 0. The molecule has 1 aliphatic rings. The molecule has 1 aromatic carbocycles. The molecule has 22 heavy (non-hydrogen) atoms. The minimum atomic E-state index is -1.67. The first-order valence-corrected chi connectivity index (χ1v) is 6.71. The van der Waals surface area contributed by atoms with E-state index in [1.165, 1.54) is 24.2 Å². The smallest absolute Gasteiger partial charge is 0.280 e. The second kappa shape index (κ2) is 4.87. The van der Waals surface area contributed by atoms with Gasteiger partial charge in [-0.05, 0) is 31.5 Å². The molecule has 7 heteroatoms. The minimum Gasteiger partial charge on any atom is -0.465 e. The molecule has 0 saturated heterocycles. The Balaban J connectivity index is 1.95. The van der Waals surface area contributed by atoms with Gasteiger partial charge in [0.15, 0.2) is 5.82 Å². The summed E-state index contributed by atoms with van der Waals surface area (Å²) in [5.41, 5.74) is -0.0370. The average Bonchev–Trinajstić information content (AvgIpc) is 2.99. The Bertz CT molecular complexity index is 741. The lowest BCUT2D eigenvalue weighted by Gasteiger charge is -2.37. The van der Waals surface area contributed by atoms with Gasteiger partial charge in [-0.15, -0.1) is 0 Å². The summed E-state index contributed by atoms with van der Waals surface area (Å²) < 4.78 is 10.4. The summed E-state index contributed by atoms with van der Waals surface area (Å²) in [7, 11) is 1.62. The van der Waals surface area contributed by atoms with E-state index in [1.54, 1.807) is 13.1 Å². The van der Waals surface area contributed by atoms with Crippen LogP contribution >= 0.6 is 0 Å². The number of anilines is 2. The molecular formula is C15H15N3O4. The number of nitrogens with one attached hydrogen (secondary N) is 1. The number of hydrogen-bond donors (Lipinski definition) is 1. The molecule has 0 aliphatic carbocycles. The first-order valence-electron chi connectivity index (χ1n) is 6.71. The fraction of sp³-hybridized carbons (Fsp3) is 0.267. The number of fused-ring (bicyclic) bond motifs is 1. The fourth-order valence-corrected chi connectivity index (χ4v) is 2.32. The molecular weight excluding hydrogens is 286 g/mol. The number of aromatic nitrogens is 1. The summed E-state index contributed by atoms with van der Waals surface area (Å²) in [6, 6.07) is 6.92. The molecule has 1 atom stereocenters. The predicted molar refractivity (Wildman–Crippen MR) is 78.8 cm³/mol. The van der Waals surface area contributed by atoms with Gasteiger partial charge in [-0.25, -0.2) is 0 Å². The van der Waals surface area contributed by atoms with Crippen molar-refractivity contribution < 1.29 is 18.8 Å². The zero-order valence-corrected chi connectivity index (χ0v) is 12.4. The maximum Gasteiger partial charge on any atom is 0.280 e. The van der Waals surface area contributed by atoms with Crippen molar-refractivity contribution >= 4 is 23.3 Å². The third-order valence-corrected chi connectivity index (χ3v) is 3.62. The number of benzene rings is 1. The Kier molecular flexibility index (Phi) is 3.13. The van der Waals surface area contributed by atoms with Gasteiger partial charge in [0.25, 0.3) is 17.4 Å². The zero-order chi connectivity index (χ0) is 15.9. The van der Waals surface area contributed by atoms with Gasteiger partial charge in [0.2, 0.25) is 0 Å². The normalized spacial score (nSPS) is 20.3. The third-order valence-electron chi connectivity index (χ3n) is 3.62. The van der Waals surface area contributed by atoms with Crippen LogP contribution in [0.2, 0.25) is 0 Å². The molecule has 0 radical (unpaired) electrons. The maximum atomic E-state index is 12.6. The van der Waals surface area contributed by atoms with Crippen LogP contribution < -0.4 is 15.0 Å². The lowest BCUT2D eigenvalue weighted by Crippen LogP contribution is -2.59. The Labute approximate surface area is 126 Å². The maximum absolute atomic E-state index is 12.6. The van der Waals surface area contributed by atoms with E-state index in [2.05, 4.69) is 15.0 Å². The van der Waals surface area contributed by atoms with E-state index in [1.807, 2.05) is 19.1 Å². The van der Waals surface area contributed by atoms with Crippen LogP contribution in [-0.4, -0.2) is 29.6 Å². The number of ether oxygens (including phenoxy) is 1. The van der Waals surface area contributed by atoms with Crippen LogP contribution in [0.25, 0.3) is 0 Å². The highest BCUT2D eigenvalue weighted by atomic mass is 16.5. The SMILES string of the molecule is Cc1ccc2c(c1)N(C)C(=O)C(C)(C(=O)Nc1ccon1)O2. The van der Waals surface area contributed by atoms with Crippen LogP contribution in [0.4, 0.5) is 11.5 Å². The number of nitrogens with zero attached hydrogens (tertiary/aromatic N) is 2. The predicted octanol–water partition coefficient (Wildman–Crippen LogP) is 1.74. The molecule has 1 aromatic heterocycles. The van der Waals surface area contributed by atoms with Gasteiger partial charge in [-0.2, -0.15) is 0 Å². The van der Waals surface area contributed by atoms with Crippen LogP contribution in [0, 0.1) is 6.92 Å². The van der Waals surface area contributed by atoms with Gasteiger partial charge in [0, 0.05) is 13.1 Å². The highest BCUT2D eigenvalue weighted by Gasteiger charge is 2.50. The minimum absolute atomic E-state index is 0.222. The van der Waals surface area contributed by atoms with Gasteiger partial charge in [0.05, 0.1) is 5.69 Å². The van der Waals surface area contributed by atoms with Crippen molar-refractivity contribution in [2.24, 2.45) is 0 Å². The van der Waals surface area contributed by atoms with Crippen molar-refractivity contribution in [2.75, 3.05) is 17.3 Å². The highest BCUT2D eigenvalue weighted by Crippen LogP contribution is 2.38. The Morgan fingerprint density at radius 1 is 1.36 bits per heavy atom. The van der Waals surface area contributed by atoms with Crippen molar-refractivity contribution in [3.63, 3.8) is 0 Å².